The normalized spacial score (nSPS) is 12.6. The highest BCUT2D eigenvalue weighted by molar-refractivity contribution is 6.34. The molecule has 1 aliphatic heterocycles. The molecule has 1 N–H and O–H groups in total. The van der Waals surface area contributed by atoms with Gasteiger partial charge in [0.05, 0.1) is 5.02 Å². The highest BCUT2D eigenvalue weighted by Gasteiger charge is 2.20. The lowest BCUT2D eigenvalue weighted by molar-refractivity contribution is 0.174. The zero-order chi connectivity index (χ0) is 12.5. The van der Waals surface area contributed by atoms with E-state index >= 15 is 0 Å². The van der Waals surface area contributed by atoms with Crippen LogP contribution in [0.5, 0.6) is 11.5 Å². The molecule has 2 aromatic rings. The molecule has 18 heavy (non-hydrogen) atoms. The van der Waals surface area contributed by atoms with Gasteiger partial charge in [0.2, 0.25) is 6.79 Å². The molecule has 0 saturated heterocycles. The van der Waals surface area contributed by atoms with E-state index in [4.69, 9.17) is 32.7 Å². The van der Waals surface area contributed by atoms with Crippen LogP contribution in [-0.4, -0.2) is 16.8 Å². The molecule has 1 aliphatic rings. The first-order valence-electron chi connectivity index (χ1n) is 5.07. The summed E-state index contributed by atoms with van der Waals surface area (Å²) in [6.07, 6.45) is 1.36. The number of aromatic nitrogens is 2. The Morgan fingerprint density at radius 1 is 1.17 bits per heavy atom. The van der Waals surface area contributed by atoms with Crippen molar-refractivity contribution >= 4 is 34.7 Å². The Labute approximate surface area is 113 Å². The molecule has 1 aromatic carbocycles. The molecule has 0 amide bonds. The summed E-state index contributed by atoms with van der Waals surface area (Å²) in [5.41, 5.74) is 0.599. The fraction of sp³-hybridized carbons (Fsp3) is 0.0909. The molecule has 0 radical (unpaired) electrons. The molecular weight excluding hydrogens is 277 g/mol. The zero-order valence-corrected chi connectivity index (χ0v) is 10.5. The van der Waals surface area contributed by atoms with Gasteiger partial charge < -0.3 is 14.8 Å². The molecule has 1 aromatic heterocycles. The van der Waals surface area contributed by atoms with Crippen LogP contribution in [0.25, 0.3) is 0 Å². The first-order chi connectivity index (χ1) is 8.74. The van der Waals surface area contributed by atoms with E-state index in [1.165, 1.54) is 6.33 Å². The van der Waals surface area contributed by atoms with Gasteiger partial charge in [-0.2, -0.15) is 0 Å². The minimum absolute atomic E-state index is 0.175. The van der Waals surface area contributed by atoms with Crippen LogP contribution in [0.4, 0.5) is 11.5 Å². The van der Waals surface area contributed by atoms with Crippen LogP contribution in [0.2, 0.25) is 10.2 Å². The summed E-state index contributed by atoms with van der Waals surface area (Å²) >= 11 is 11.9. The molecule has 92 valence electrons. The number of nitrogens with one attached hydrogen (secondary N) is 1. The molecule has 0 fully saturated rings. The van der Waals surface area contributed by atoms with Crippen LogP contribution in [0.3, 0.4) is 0 Å². The van der Waals surface area contributed by atoms with Crippen LogP contribution in [0.15, 0.2) is 24.5 Å². The van der Waals surface area contributed by atoms with E-state index in [1.807, 2.05) is 0 Å². The quantitative estimate of drug-likeness (QED) is 0.858. The second-order valence-corrected chi connectivity index (χ2v) is 4.30. The van der Waals surface area contributed by atoms with Gasteiger partial charge in [-0.3, -0.25) is 0 Å². The van der Waals surface area contributed by atoms with Crippen molar-refractivity contribution in [2.75, 3.05) is 12.1 Å². The summed E-state index contributed by atoms with van der Waals surface area (Å²) in [5.74, 6) is 1.74. The van der Waals surface area contributed by atoms with E-state index in [-0.39, 0.29) is 6.79 Å². The van der Waals surface area contributed by atoms with E-state index in [2.05, 4.69) is 15.3 Å². The van der Waals surface area contributed by atoms with Crippen LogP contribution in [0.1, 0.15) is 0 Å². The van der Waals surface area contributed by atoms with Gasteiger partial charge >= 0.3 is 0 Å². The van der Waals surface area contributed by atoms with Gasteiger partial charge in [0.25, 0.3) is 0 Å². The van der Waals surface area contributed by atoms with Crippen molar-refractivity contribution in [3.8, 4) is 11.5 Å². The molecule has 0 unspecified atom stereocenters. The van der Waals surface area contributed by atoms with Crippen molar-refractivity contribution in [2.24, 2.45) is 0 Å². The van der Waals surface area contributed by atoms with Crippen molar-refractivity contribution < 1.29 is 9.47 Å². The molecule has 0 spiro atoms. The Kier molecular flexibility index (Phi) is 2.85. The Morgan fingerprint density at radius 2 is 2.06 bits per heavy atom. The SMILES string of the molecule is Clc1cc(Nc2c(Cl)ccc3c2OCO3)ncn1. The van der Waals surface area contributed by atoms with E-state index < -0.39 is 0 Å². The summed E-state index contributed by atoms with van der Waals surface area (Å²) in [5, 5.41) is 3.89. The molecule has 7 heteroatoms. The number of halogens is 2. The maximum absolute atomic E-state index is 6.12. The number of hydrogen-bond acceptors (Lipinski definition) is 5. The van der Waals surface area contributed by atoms with Crippen molar-refractivity contribution in [1.29, 1.82) is 0 Å². The minimum atomic E-state index is 0.175. The van der Waals surface area contributed by atoms with E-state index in [0.29, 0.717) is 33.2 Å². The summed E-state index contributed by atoms with van der Waals surface area (Å²) in [6, 6.07) is 5.07. The molecule has 0 saturated carbocycles. The zero-order valence-electron chi connectivity index (χ0n) is 8.98. The molecular formula is C11H7Cl2N3O2. The Morgan fingerprint density at radius 3 is 2.89 bits per heavy atom. The number of ether oxygens (including phenoxy) is 2. The largest absolute Gasteiger partial charge is 0.454 e. The van der Waals surface area contributed by atoms with Gasteiger partial charge in [-0.25, -0.2) is 9.97 Å². The van der Waals surface area contributed by atoms with E-state index in [0.717, 1.165) is 0 Å². The van der Waals surface area contributed by atoms with Gasteiger partial charge in [-0.15, -0.1) is 0 Å². The topological polar surface area (TPSA) is 56.3 Å². The first-order valence-corrected chi connectivity index (χ1v) is 5.82. The van der Waals surface area contributed by atoms with Gasteiger partial charge in [0.15, 0.2) is 11.5 Å². The predicted molar refractivity (Wildman–Crippen MR) is 67.9 cm³/mol. The van der Waals surface area contributed by atoms with E-state index in [9.17, 15) is 0 Å². The fourth-order valence-corrected chi connectivity index (χ4v) is 1.94. The lowest BCUT2D eigenvalue weighted by Crippen LogP contribution is -1.97. The second kappa shape index (κ2) is 4.51. The molecule has 0 bridgehead atoms. The number of benzene rings is 1. The molecule has 0 atom stereocenters. The van der Waals surface area contributed by atoms with Crippen molar-refractivity contribution in [2.45, 2.75) is 0 Å². The van der Waals surface area contributed by atoms with Crippen LogP contribution in [0, 0.1) is 0 Å². The standard InChI is InChI=1S/C11H7Cl2N3O2/c12-6-1-2-7-11(18-5-17-7)10(6)16-9-3-8(13)14-4-15-9/h1-4H,5H2,(H,14,15,16). The lowest BCUT2D eigenvalue weighted by atomic mass is 10.2. The number of anilines is 2. The van der Waals surface area contributed by atoms with Crippen LogP contribution in [-0.2, 0) is 0 Å². The summed E-state index contributed by atoms with van der Waals surface area (Å²) in [6.45, 7) is 0.175. The first kappa shape index (κ1) is 11.4. The minimum Gasteiger partial charge on any atom is -0.454 e. The third-order valence-corrected chi connectivity index (χ3v) is 2.90. The number of fused-ring (bicyclic) bond motifs is 1. The molecule has 0 aliphatic carbocycles. The number of hydrogen-bond donors (Lipinski definition) is 1. The van der Waals surface area contributed by atoms with Crippen molar-refractivity contribution in [3.63, 3.8) is 0 Å². The lowest BCUT2D eigenvalue weighted by Gasteiger charge is -2.10. The van der Waals surface area contributed by atoms with Gasteiger partial charge in [-0.1, -0.05) is 23.2 Å². The van der Waals surface area contributed by atoms with Crippen LogP contribution < -0.4 is 14.8 Å². The van der Waals surface area contributed by atoms with Crippen LogP contribution >= 0.6 is 23.2 Å². The second-order valence-electron chi connectivity index (χ2n) is 3.51. The smallest absolute Gasteiger partial charge is 0.231 e. The molecule has 5 nitrogen and oxygen atoms in total. The monoisotopic (exact) mass is 283 g/mol. The predicted octanol–water partition coefficient (Wildman–Crippen LogP) is 3.26. The summed E-state index contributed by atoms with van der Waals surface area (Å²) in [7, 11) is 0. The van der Waals surface area contributed by atoms with E-state index in [1.54, 1.807) is 18.2 Å². The maximum Gasteiger partial charge on any atom is 0.231 e. The van der Waals surface area contributed by atoms with Gasteiger partial charge in [-0.05, 0) is 12.1 Å². The third-order valence-electron chi connectivity index (χ3n) is 2.38. The Hall–Kier alpha value is -1.72. The van der Waals surface area contributed by atoms with Gasteiger partial charge in [0, 0.05) is 6.07 Å². The highest BCUT2D eigenvalue weighted by Crippen LogP contribution is 2.44. The summed E-state index contributed by atoms with van der Waals surface area (Å²) in [4.78, 5) is 7.84. The average Bonchev–Trinajstić information content (AvgIpc) is 2.81. The van der Waals surface area contributed by atoms with Gasteiger partial charge in [0.1, 0.15) is 23.0 Å². The van der Waals surface area contributed by atoms with Crippen molar-refractivity contribution in [1.82, 2.24) is 9.97 Å². The molecule has 2 heterocycles. The van der Waals surface area contributed by atoms with Crippen molar-refractivity contribution in [3.05, 3.63) is 34.7 Å². The molecule has 3 rings (SSSR count). The Balaban J connectivity index is 2.00. The average molecular weight is 284 g/mol. The number of nitrogens with zero attached hydrogens (tertiary/aromatic N) is 2. The Bertz CT molecular complexity index is 607. The summed E-state index contributed by atoms with van der Waals surface area (Å²) < 4.78 is 10.6. The number of rotatable bonds is 2. The third kappa shape index (κ3) is 2.02. The maximum atomic E-state index is 6.12. The fourth-order valence-electron chi connectivity index (χ4n) is 1.59. The highest BCUT2D eigenvalue weighted by atomic mass is 35.5.